The van der Waals surface area contributed by atoms with Gasteiger partial charge < -0.3 is 18.9 Å². The zero-order chi connectivity index (χ0) is 29.5. The first-order chi connectivity index (χ1) is 18.5. The minimum absolute atomic E-state index is 0.0616. The minimum atomic E-state index is -2.03. The van der Waals surface area contributed by atoms with Gasteiger partial charge in [0.2, 0.25) is 0 Å². The number of nitrogens with zero attached hydrogens (tertiary/aromatic N) is 4. The Bertz CT molecular complexity index is 1300. The summed E-state index contributed by atoms with van der Waals surface area (Å²) in [6.45, 7) is 24.0. The van der Waals surface area contributed by atoms with Gasteiger partial charge in [0.25, 0.3) is 0 Å². The zero-order valence-electron chi connectivity index (χ0n) is 25.7. The van der Waals surface area contributed by atoms with E-state index >= 15 is 0 Å². The SMILES string of the molecule is CC(C)(C)[Si](C)(C)OC[C@H]1O[C@@H](n2cnc3c(NCc4ccc(I)cc4)ncnc32)CC1O[Si](C)(C)C(C)(C)C. The third-order valence-corrected chi connectivity index (χ3v) is 18.6. The summed E-state index contributed by atoms with van der Waals surface area (Å²) in [5.41, 5.74) is 2.67. The van der Waals surface area contributed by atoms with Crippen molar-refractivity contribution in [3.05, 3.63) is 46.1 Å². The Hall–Kier alpha value is -1.39. The Labute approximate surface area is 255 Å². The molecule has 1 aromatic carbocycles. The lowest BCUT2D eigenvalue weighted by molar-refractivity contribution is -0.0383. The molecule has 3 heterocycles. The number of hydrogen-bond acceptors (Lipinski definition) is 7. The lowest BCUT2D eigenvalue weighted by Gasteiger charge is -2.40. The Balaban J connectivity index is 1.57. The van der Waals surface area contributed by atoms with E-state index in [1.165, 1.54) is 9.13 Å². The lowest BCUT2D eigenvalue weighted by atomic mass is 10.2. The molecule has 0 aliphatic carbocycles. The van der Waals surface area contributed by atoms with Crippen LogP contribution in [0.4, 0.5) is 5.82 Å². The van der Waals surface area contributed by atoms with Crippen LogP contribution < -0.4 is 5.32 Å². The molecule has 3 aromatic rings. The quantitative estimate of drug-likeness (QED) is 0.181. The number of aromatic nitrogens is 4. The number of hydrogen-bond donors (Lipinski definition) is 1. The zero-order valence-corrected chi connectivity index (χ0v) is 29.9. The van der Waals surface area contributed by atoms with Crippen molar-refractivity contribution in [3.8, 4) is 0 Å². The molecule has 0 bridgehead atoms. The topological polar surface area (TPSA) is 83.3 Å². The van der Waals surface area contributed by atoms with Gasteiger partial charge in [-0.2, -0.15) is 0 Å². The average Bonchev–Trinajstić information content (AvgIpc) is 3.45. The van der Waals surface area contributed by atoms with E-state index in [4.69, 9.17) is 18.6 Å². The van der Waals surface area contributed by atoms with Crippen LogP contribution in [-0.4, -0.2) is 55.0 Å². The van der Waals surface area contributed by atoms with E-state index in [0.717, 1.165) is 17.6 Å². The standard InChI is InChI=1S/C29H46IN5O3Si2/c1-28(2,3)39(7,8)36-17-23-22(38-40(9,10)29(4,5)6)15-24(37-23)35-19-34-25-26(32-18-33-27(25)35)31-16-20-11-13-21(30)14-12-20/h11-14,18-19,22-24H,15-17H2,1-10H3,(H,31,32,33)/t22?,23-,24-/m1/s1. The molecule has 1 N–H and O–H groups in total. The summed E-state index contributed by atoms with van der Waals surface area (Å²) in [7, 11) is -3.98. The minimum Gasteiger partial charge on any atom is -0.414 e. The van der Waals surface area contributed by atoms with Gasteiger partial charge in [0, 0.05) is 16.5 Å². The molecule has 1 unspecified atom stereocenters. The van der Waals surface area contributed by atoms with E-state index in [1.807, 2.05) is 10.9 Å². The molecule has 0 radical (unpaired) electrons. The molecule has 3 atom stereocenters. The van der Waals surface area contributed by atoms with Crippen molar-refractivity contribution < 1.29 is 13.6 Å². The normalized spacial score (nSPS) is 20.8. The average molecular weight is 696 g/mol. The molecule has 1 aliphatic rings. The van der Waals surface area contributed by atoms with Gasteiger partial charge in [-0.1, -0.05) is 53.7 Å². The van der Waals surface area contributed by atoms with Crippen molar-refractivity contribution in [1.29, 1.82) is 0 Å². The third kappa shape index (κ3) is 6.97. The van der Waals surface area contributed by atoms with Crippen LogP contribution in [0, 0.1) is 3.57 Å². The maximum Gasteiger partial charge on any atom is 0.192 e. The predicted molar refractivity (Wildman–Crippen MR) is 176 cm³/mol. The number of fused-ring (bicyclic) bond motifs is 1. The van der Waals surface area contributed by atoms with Crippen molar-refractivity contribution >= 4 is 56.2 Å². The third-order valence-electron chi connectivity index (χ3n) is 8.89. The van der Waals surface area contributed by atoms with E-state index in [1.54, 1.807) is 6.33 Å². The number of benzene rings is 1. The number of anilines is 1. The molecule has 8 nitrogen and oxygen atoms in total. The van der Waals surface area contributed by atoms with Crippen LogP contribution >= 0.6 is 22.6 Å². The Morgan fingerprint density at radius 3 is 2.25 bits per heavy atom. The Morgan fingerprint density at radius 1 is 0.975 bits per heavy atom. The first-order valence-electron chi connectivity index (χ1n) is 14.1. The molecule has 220 valence electrons. The molecule has 1 saturated heterocycles. The van der Waals surface area contributed by atoms with Gasteiger partial charge in [0.1, 0.15) is 18.7 Å². The van der Waals surface area contributed by atoms with Crippen molar-refractivity contribution in [3.63, 3.8) is 0 Å². The summed E-state index contributed by atoms with van der Waals surface area (Å²) in [6.07, 6.45) is 3.67. The predicted octanol–water partition coefficient (Wildman–Crippen LogP) is 7.74. The highest BCUT2D eigenvalue weighted by atomic mass is 127. The van der Waals surface area contributed by atoms with Crippen molar-refractivity contribution in [2.75, 3.05) is 11.9 Å². The van der Waals surface area contributed by atoms with Crippen LogP contribution in [0.3, 0.4) is 0 Å². The molecule has 0 spiro atoms. The van der Waals surface area contributed by atoms with Gasteiger partial charge >= 0.3 is 0 Å². The summed E-state index contributed by atoms with van der Waals surface area (Å²) >= 11 is 2.32. The van der Waals surface area contributed by atoms with Gasteiger partial charge in [0.15, 0.2) is 33.6 Å². The monoisotopic (exact) mass is 695 g/mol. The second-order valence-corrected chi connectivity index (χ2v) is 24.7. The summed E-state index contributed by atoms with van der Waals surface area (Å²) < 4.78 is 23.6. The Morgan fingerprint density at radius 2 is 1.62 bits per heavy atom. The largest absolute Gasteiger partial charge is 0.414 e. The smallest absolute Gasteiger partial charge is 0.192 e. The van der Waals surface area contributed by atoms with Crippen molar-refractivity contribution in [1.82, 2.24) is 19.5 Å². The van der Waals surface area contributed by atoms with Crippen molar-refractivity contribution in [2.24, 2.45) is 0 Å². The van der Waals surface area contributed by atoms with Gasteiger partial charge in [-0.3, -0.25) is 4.57 Å². The molecular formula is C29H46IN5O3Si2. The van der Waals surface area contributed by atoms with E-state index in [2.05, 4.69) is 130 Å². The molecule has 0 amide bonds. The fourth-order valence-electron chi connectivity index (χ4n) is 4.19. The van der Waals surface area contributed by atoms with Crippen LogP contribution in [0.25, 0.3) is 11.2 Å². The number of ether oxygens (including phenoxy) is 1. The summed E-state index contributed by atoms with van der Waals surface area (Å²) in [4.78, 5) is 13.8. The lowest BCUT2D eigenvalue weighted by Crippen LogP contribution is -2.48. The van der Waals surface area contributed by atoms with Gasteiger partial charge in [-0.05, 0) is 76.6 Å². The first kappa shape index (κ1) is 31.5. The summed E-state index contributed by atoms with van der Waals surface area (Å²) in [5, 5.41) is 3.66. The molecule has 2 aromatic heterocycles. The highest BCUT2D eigenvalue weighted by Crippen LogP contribution is 2.43. The highest BCUT2D eigenvalue weighted by molar-refractivity contribution is 14.1. The second-order valence-electron chi connectivity index (χ2n) is 13.9. The number of rotatable bonds is 9. The van der Waals surface area contributed by atoms with Crippen LogP contribution in [0.15, 0.2) is 36.9 Å². The first-order valence-corrected chi connectivity index (χ1v) is 21.0. The number of imidazole rings is 1. The molecular weight excluding hydrogens is 649 g/mol. The van der Waals surface area contributed by atoms with E-state index in [0.29, 0.717) is 19.0 Å². The van der Waals surface area contributed by atoms with E-state index < -0.39 is 16.6 Å². The number of nitrogens with one attached hydrogen (secondary N) is 1. The fourth-order valence-corrected chi connectivity index (χ4v) is 6.92. The van der Waals surface area contributed by atoms with Crippen LogP contribution in [0.1, 0.15) is 59.8 Å². The maximum absolute atomic E-state index is 6.96. The van der Waals surface area contributed by atoms with Crippen LogP contribution in [-0.2, 0) is 20.1 Å². The second kappa shape index (κ2) is 11.7. The van der Waals surface area contributed by atoms with Gasteiger partial charge in [-0.15, -0.1) is 0 Å². The van der Waals surface area contributed by atoms with E-state index in [-0.39, 0.29) is 28.5 Å². The molecule has 40 heavy (non-hydrogen) atoms. The van der Waals surface area contributed by atoms with Crippen LogP contribution in [0.5, 0.6) is 0 Å². The molecule has 1 aliphatic heterocycles. The van der Waals surface area contributed by atoms with Gasteiger partial charge in [-0.25, -0.2) is 15.0 Å². The maximum atomic E-state index is 6.96. The number of halogens is 1. The Kier molecular flexibility index (Phi) is 9.24. The van der Waals surface area contributed by atoms with Crippen molar-refractivity contribution in [2.45, 2.75) is 109 Å². The molecule has 4 rings (SSSR count). The van der Waals surface area contributed by atoms with Gasteiger partial charge in [0.05, 0.1) is 19.0 Å². The highest BCUT2D eigenvalue weighted by Gasteiger charge is 2.46. The molecule has 0 saturated carbocycles. The fraction of sp³-hybridized carbons (Fsp3) is 0.621. The van der Waals surface area contributed by atoms with E-state index in [9.17, 15) is 0 Å². The molecule has 1 fully saturated rings. The summed E-state index contributed by atoms with van der Waals surface area (Å²) in [6, 6.07) is 8.44. The summed E-state index contributed by atoms with van der Waals surface area (Å²) in [5.74, 6) is 0.715. The van der Waals surface area contributed by atoms with Crippen LogP contribution in [0.2, 0.25) is 36.3 Å². The molecule has 11 heteroatoms.